The lowest BCUT2D eigenvalue weighted by Crippen LogP contribution is -2.18. The van der Waals surface area contributed by atoms with Crippen molar-refractivity contribution in [1.82, 2.24) is 24.7 Å². The number of methoxy groups -OCH3 is 3. The fourth-order valence-corrected chi connectivity index (χ4v) is 3.84. The molecular formula is C24H24FN7O4. The minimum absolute atomic E-state index is 0.0694. The van der Waals surface area contributed by atoms with Gasteiger partial charge >= 0.3 is 5.69 Å². The van der Waals surface area contributed by atoms with E-state index in [4.69, 9.17) is 25.4 Å². The highest BCUT2D eigenvalue weighted by molar-refractivity contribution is 5.94. The van der Waals surface area contributed by atoms with E-state index in [1.807, 2.05) is 0 Å². The molecule has 0 aliphatic carbocycles. The molecule has 0 bridgehead atoms. The number of hydrogen-bond acceptors (Lipinski definition) is 8. The number of nitrogens with zero attached hydrogens (tertiary/aromatic N) is 4. The Labute approximate surface area is 205 Å². The van der Waals surface area contributed by atoms with Crippen molar-refractivity contribution < 1.29 is 18.6 Å². The van der Waals surface area contributed by atoms with Crippen molar-refractivity contribution in [3.8, 4) is 23.2 Å². The van der Waals surface area contributed by atoms with E-state index in [9.17, 15) is 4.79 Å². The summed E-state index contributed by atoms with van der Waals surface area (Å²) in [7, 11) is 4.13. The Morgan fingerprint density at radius 3 is 2.36 bits per heavy atom. The smallest absolute Gasteiger partial charge is 0.350 e. The van der Waals surface area contributed by atoms with Crippen LogP contribution in [0.2, 0.25) is 0 Å². The van der Waals surface area contributed by atoms with E-state index in [-0.39, 0.29) is 46.8 Å². The first-order valence-electron chi connectivity index (χ1n) is 10.8. The standard InChI is InChI=1S/C24H24FN7O4/c1-34-17-12-15(18(25)20(36-3)19(17)35-2)16(11-13-5-7-14(8-6-13)21(26)27)22-30-24(33)32(31-22)23-28-9-4-10-29-23/h4-10,12,16H,11H2,1-3H3,(H3,26,27)(H,30,31,33). The van der Waals surface area contributed by atoms with Gasteiger partial charge in [-0.25, -0.2) is 19.2 Å². The van der Waals surface area contributed by atoms with Gasteiger partial charge in [-0.05, 0) is 24.1 Å². The molecule has 4 rings (SSSR count). The van der Waals surface area contributed by atoms with Gasteiger partial charge in [0.15, 0.2) is 11.6 Å². The number of amidine groups is 1. The lowest BCUT2D eigenvalue weighted by Gasteiger charge is -2.20. The van der Waals surface area contributed by atoms with Crippen molar-refractivity contribution in [2.45, 2.75) is 12.3 Å². The average Bonchev–Trinajstić information content (AvgIpc) is 3.29. The molecule has 0 amide bonds. The highest BCUT2D eigenvalue weighted by Crippen LogP contribution is 2.44. The molecule has 2 aromatic heterocycles. The second-order valence-corrected chi connectivity index (χ2v) is 7.69. The van der Waals surface area contributed by atoms with Gasteiger partial charge in [0, 0.05) is 23.5 Å². The first kappa shape index (κ1) is 24.4. The van der Waals surface area contributed by atoms with Crippen molar-refractivity contribution in [1.29, 1.82) is 5.41 Å². The molecule has 186 valence electrons. The molecule has 4 aromatic rings. The maximum atomic E-state index is 15.8. The second kappa shape index (κ2) is 10.3. The molecule has 0 saturated heterocycles. The Morgan fingerprint density at radius 1 is 1.11 bits per heavy atom. The number of rotatable bonds is 9. The van der Waals surface area contributed by atoms with E-state index in [1.165, 1.54) is 39.8 Å². The number of halogens is 1. The molecule has 1 atom stereocenters. The summed E-state index contributed by atoms with van der Waals surface area (Å²) in [5.41, 5.74) is 6.47. The number of hydrogen-bond donors (Lipinski definition) is 3. The number of nitrogen functional groups attached to an aromatic ring is 1. The third-order valence-corrected chi connectivity index (χ3v) is 5.58. The van der Waals surface area contributed by atoms with E-state index in [2.05, 4.69) is 20.1 Å². The molecule has 0 radical (unpaired) electrons. The molecular weight excluding hydrogens is 469 g/mol. The van der Waals surface area contributed by atoms with Crippen LogP contribution in [-0.2, 0) is 6.42 Å². The quantitative estimate of drug-likeness (QED) is 0.237. The third-order valence-electron chi connectivity index (χ3n) is 5.58. The van der Waals surface area contributed by atoms with Crippen LogP contribution >= 0.6 is 0 Å². The van der Waals surface area contributed by atoms with Crippen molar-refractivity contribution in [2.24, 2.45) is 5.73 Å². The van der Waals surface area contributed by atoms with Crippen LogP contribution in [0.5, 0.6) is 17.2 Å². The molecule has 11 nitrogen and oxygen atoms in total. The maximum absolute atomic E-state index is 15.8. The van der Waals surface area contributed by atoms with Crippen LogP contribution in [-0.4, -0.2) is 51.9 Å². The number of H-pyrrole nitrogens is 1. The maximum Gasteiger partial charge on any atom is 0.350 e. The van der Waals surface area contributed by atoms with Crippen molar-refractivity contribution in [3.63, 3.8) is 0 Å². The monoisotopic (exact) mass is 493 g/mol. The van der Waals surface area contributed by atoms with Gasteiger partial charge in [-0.15, -0.1) is 9.78 Å². The van der Waals surface area contributed by atoms with E-state index in [0.717, 1.165) is 10.2 Å². The first-order valence-corrected chi connectivity index (χ1v) is 10.8. The zero-order chi connectivity index (χ0) is 25.8. The number of nitrogens with two attached hydrogens (primary N) is 1. The second-order valence-electron chi connectivity index (χ2n) is 7.69. The molecule has 4 N–H and O–H groups in total. The summed E-state index contributed by atoms with van der Waals surface area (Å²) in [6, 6.07) is 10.0. The summed E-state index contributed by atoms with van der Waals surface area (Å²) in [5, 5.41) is 12.0. The van der Waals surface area contributed by atoms with Crippen LogP contribution in [0.1, 0.15) is 28.4 Å². The van der Waals surface area contributed by atoms with Crippen molar-refractivity contribution in [2.75, 3.05) is 21.3 Å². The summed E-state index contributed by atoms with van der Waals surface area (Å²) >= 11 is 0. The Morgan fingerprint density at radius 2 is 1.78 bits per heavy atom. The SMILES string of the molecule is COc1cc(C(Cc2ccc(C(=N)N)cc2)c2nn(-c3ncccn3)c(=O)[nH]2)c(F)c(OC)c1OC. The minimum Gasteiger partial charge on any atom is -0.493 e. The Balaban J connectivity index is 1.88. The summed E-state index contributed by atoms with van der Waals surface area (Å²) in [6.07, 6.45) is 3.20. The molecule has 1 unspecified atom stereocenters. The molecule has 12 heteroatoms. The molecule has 2 aromatic carbocycles. The molecule has 36 heavy (non-hydrogen) atoms. The van der Waals surface area contributed by atoms with Gasteiger partial charge in [-0.2, -0.15) is 0 Å². The van der Waals surface area contributed by atoms with Crippen LogP contribution in [0.15, 0.2) is 53.6 Å². The van der Waals surface area contributed by atoms with Gasteiger partial charge in [0.25, 0.3) is 5.95 Å². The van der Waals surface area contributed by atoms with Crippen molar-refractivity contribution >= 4 is 5.84 Å². The fourth-order valence-electron chi connectivity index (χ4n) is 3.84. The summed E-state index contributed by atoms with van der Waals surface area (Å²) in [5.74, 6) is -1.09. The van der Waals surface area contributed by atoms with Gasteiger partial charge in [0.05, 0.1) is 27.2 Å². The molecule has 0 saturated carbocycles. The lowest BCUT2D eigenvalue weighted by atomic mass is 9.90. The molecule has 0 aliphatic heterocycles. The van der Waals surface area contributed by atoms with Crippen LogP contribution in [0.3, 0.4) is 0 Å². The predicted octanol–water partition coefficient (Wildman–Crippen LogP) is 2.17. The van der Waals surface area contributed by atoms with Crippen LogP contribution in [0.25, 0.3) is 5.95 Å². The van der Waals surface area contributed by atoms with Crippen molar-refractivity contribution in [3.05, 3.63) is 87.6 Å². The van der Waals surface area contributed by atoms with Crippen LogP contribution < -0.4 is 25.6 Å². The highest BCUT2D eigenvalue weighted by atomic mass is 19.1. The van der Waals surface area contributed by atoms with Gasteiger partial charge < -0.3 is 19.9 Å². The van der Waals surface area contributed by atoms with Gasteiger partial charge in [0.2, 0.25) is 11.5 Å². The van der Waals surface area contributed by atoms with Gasteiger partial charge in [0.1, 0.15) is 11.7 Å². The van der Waals surface area contributed by atoms with Gasteiger partial charge in [-0.3, -0.25) is 10.4 Å². The first-order chi connectivity index (χ1) is 17.4. The number of nitrogens with one attached hydrogen (secondary N) is 2. The number of aromatic nitrogens is 5. The Kier molecular flexibility index (Phi) is 6.95. The largest absolute Gasteiger partial charge is 0.493 e. The topological polar surface area (TPSA) is 154 Å². The zero-order valence-electron chi connectivity index (χ0n) is 19.8. The predicted molar refractivity (Wildman–Crippen MR) is 129 cm³/mol. The zero-order valence-corrected chi connectivity index (χ0v) is 19.8. The Bertz CT molecular complexity index is 1440. The average molecular weight is 493 g/mol. The summed E-state index contributed by atoms with van der Waals surface area (Å²) in [4.78, 5) is 23.6. The number of ether oxygens (including phenoxy) is 3. The van der Waals surface area contributed by atoms with E-state index in [0.29, 0.717) is 5.56 Å². The van der Waals surface area contributed by atoms with E-state index >= 15 is 4.39 Å². The third kappa shape index (κ3) is 4.60. The summed E-state index contributed by atoms with van der Waals surface area (Å²) < 4.78 is 32.8. The summed E-state index contributed by atoms with van der Waals surface area (Å²) in [6.45, 7) is 0. The Hall–Kier alpha value is -4.74. The molecule has 2 heterocycles. The van der Waals surface area contributed by atoms with Crippen LogP contribution in [0, 0.1) is 11.2 Å². The van der Waals surface area contributed by atoms with Crippen LogP contribution in [0.4, 0.5) is 4.39 Å². The van der Waals surface area contributed by atoms with Gasteiger partial charge in [-0.1, -0.05) is 24.3 Å². The normalized spacial score (nSPS) is 11.7. The minimum atomic E-state index is -0.778. The highest BCUT2D eigenvalue weighted by Gasteiger charge is 2.29. The molecule has 0 spiro atoms. The molecule has 0 fully saturated rings. The lowest BCUT2D eigenvalue weighted by molar-refractivity contribution is 0.310. The number of benzene rings is 2. The number of aromatic amines is 1. The van der Waals surface area contributed by atoms with E-state index in [1.54, 1.807) is 30.3 Å². The fraction of sp³-hybridized carbons (Fsp3) is 0.208. The van der Waals surface area contributed by atoms with E-state index < -0.39 is 17.4 Å². The molecule has 0 aliphatic rings.